The number of aryl methyl sites for hydroxylation is 1. The van der Waals surface area contributed by atoms with Gasteiger partial charge < -0.3 is 9.84 Å². The monoisotopic (exact) mass is 409 g/mol. The highest BCUT2D eigenvalue weighted by Crippen LogP contribution is 2.43. The highest BCUT2D eigenvalue weighted by Gasteiger charge is 2.38. The first kappa shape index (κ1) is 19.6. The number of halogens is 1. The summed E-state index contributed by atoms with van der Waals surface area (Å²) in [7, 11) is 0. The number of amides is 1. The smallest absolute Gasteiger partial charge is 0.226 e. The zero-order valence-electron chi connectivity index (χ0n) is 16.2. The van der Waals surface area contributed by atoms with Gasteiger partial charge in [-0.2, -0.15) is 4.98 Å². The minimum Gasteiger partial charge on any atom is -0.355 e. The molecule has 0 spiro atoms. The molecule has 0 aliphatic heterocycles. The van der Waals surface area contributed by atoms with Crippen LogP contribution in [0.25, 0.3) is 11.4 Å². The second-order valence-corrected chi connectivity index (χ2v) is 8.09. The van der Waals surface area contributed by atoms with Crippen LogP contribution in [0.15, 0.2) is 59.1 Å². The van der Waals surface area contributed by atoms with Crippen molar-refractivity contribution in [1.82, 2.24) is 15.5 Å². The molecule has 3 aromatic rings. The van der Waals surface area contributed by atoms with Gasteiger partial charge in [0.15, 0.2) is 0 Å². The second kappa shape index (κ2) is 8.78. The van der Waals surface area contributed by atoms with Crippen molar-refractivity contribution >= 4 is 17.5 Å². The molecule has 0 unspecified atom stereocenters. The summed E-state index contributed by atoms with van der Waals surface area (Å²) in [5.41, 5.74) is 2.29. The van der Waals surface area contributed by atoms with Crippen molar-refractivity contribution in [3.63, 3.8) is 0 Å². The van der Waals surface area contributed by atoms with Crippen LogP contribution in [-0.2, 0) is 16.6 Å². The minimum atomic E-state index is 0.0737. The summed E-state index contributed by atoms with van der Waals surface area (Å²) in [5.74, 6) is 1.16. The van der Waals surface area contributed by atoms with Gasteiger partial charge in [-0.25, -0.2) is 0 Å². The van der Waals surface area contributed by atoms with Gasteiger partial charge in [-0.15, -0.1) is 0 Å². The fourth-order valence-corrected chi connectivity index (χ4v) is 3.92. The van der Waals surface area contributed by atoms with Crippen molar-refractivity contribution in [3.8, 4) is 11.4 Å². The number of carbonyl (C=O) groups is 1. The molecule has 1 aliphatic rings. The lowest BCUT2D eigenvalue weighted by Crippen LogP contribution is -2.45. The number of benzene rings is 2. The van der Waals surface area contributed by atoms with E-state index in [1.165, 1.54) is 12.0 Å². The fourth-order valence-electron chi connectivity index (χ4n) is 3.79. The Morgan fingerprint density at radius 3 is 2.55 bits per heavy atom. The van der Waals surface area contributed by atoms with Crippen LogP contribution < -0.4 is 5.32 Å². The van der Waals surface area contributed by atoms with Crippen LogP contribution in [-0.4, -0.2) is 22.6 Å². The van der Waals surface area contributed by atoms with E-state index in [-0.39, 0.29) is 11.3 Å². The topological polar surface area (TPSA) is 68.0 Å². The Kier molecular flexibility index (Phi) is 5.95. The van der Waals surface area contributed by atoms with E-state index < -0.39 is 0 Å². The van der Waals surface area contributed by atoms with Crippen LogP contribution in [0.4, 0.5) is 0 Å². The lowest BCUT2D eigenvalue weighted by Gasteiger charge is -2.42. The molecule has 1 amide bonds. The normalized spacial score (nSPS) is 14.9. The number of carbonyl (C=O) groups excluding carboxylic acids is 1. The summed E-state index contributed by atoms with van der Waals surface area (Å²) in [6, 6.07) is 17.8. The molecule has 29 heavy (non-hydrogen) atoms. The molecule has 5 nitrogen and oxygen atoms in total. The van der Waals surface area contributed by atoms with E-state index in [0.29, 0.717) is 42.5 Å². The number of nitrogens with one attached hydrogen (secondary N) is 1. The van der Waals surface area contributed by atoms with E-state index in [4.69, 9.17) is 16.1 Å². The van der Waals surface area contributed by atoms with E-state index in [2.05, 4.69) is 39.7 Å². The van der Waals surface area contributed by atoms with Crippen LogP contribution in [0.2, 0.25) is 5.02 Å². The third-order valence-corrected chi connectivity index (χ3v) is 5.94. The Morgan fingerprint density at radius 1 is 1.10 bits per heavy atom. The first-order chi connectivity index (χ1) is 14.1. The fraction of sp³-hybridized carbons (Fsp3) is 0.348. The van der Waals surface area contributed by atoms with Gasteiger partial charge in [0.1, 0.15) is 0 Å². The molecule has 1 saturated carbocycles. The van der Waals surface area contributed by atoms with Crippen LogP contribution in [0, 0.1) is 0 Å². The van der Waals surface area contributed by atoms with E-state index in [1.54, 1.807) is 12.1 Å². The predicted octanol–water partition coefficient (Wildman–Crippen LogP) is 4.95. The number of rotatable bonds is 8. The third-order valence-electron chi connectivity index (χ3n) is 5.69. The van der Waals surface area contributed by atoms with Crippen LogP contribution in [0.3, 0.4) is 0 Å². The average Bonchev–Trinajstić information content (AvgIpc) is 3.17. The SMILES string of the molecule is O=C(CCCc1nc(-c2ccc(Cl)cc2)no1)NCC1(c2ccccc2)CCC1. The van der Waals surface area contributed by atoms with Crippen molar-refractivity contribution in [3.05, 3.63) is 71.1 Å². The maximum Gasteiger partial charge on any atom is 0.226 e. The summed E-state index contributed by atoms with van der Waals surface area (Å²) in [4.78, 5) is 16.7. The molecular formula is C23H24ClN3O2. The third kappa shape index (κ3) is 4.67. The minimum absolute atomic E-state index is 0.0737. The van der Waals surface area contributed by atoms with Crippen molar-refractivity contribution in [1.29, 1.82) is 0 Å². The van der Waals surface area contributed by atoms with Crippen molar-refractivity contribution in [2.45, 2.75) is 43.9 Å². The highest BCUT2D eigenvalue weighted by molar-refractivity contribution is 6.30. The molecule has 1 heterocycles. The predicted molar refractivity (Wildman–Crippen MR) is 113 cm³/mol. The Hall–Kier alpha value is -2.66. The Balaban J connectivity index is 1.24. The van der Waals surface area contributed by atoms with Crippen molar-refractivity contribution in [2.24, 2.45) is 0 Å². The Bertz CT molecular complexity index is 950. The van der Waals surface area contributed by atoms with Gasteiger partial charge in [-0.1, -0.05) is 53.5 Å². The average molecular weight is 410 g/mol. The largest absolute Gasteiger partial charge is 0.355 e. The van der Waals surface area contributed by atoms with Crippen LogP contribution in [0.5, 0.6) is 0 Å². The zero-order valence-corrected chi connectivity index (χ0v) is 17.0. The summed E-state index contributed by atoms with van der Waals surface area (Å²) in [6.07, 6.45) is 5.19. The number of nitrogens with zero attached hydrogens (tertiary/aromatic N) is 2. The van der Waals surface area contributed by atoms with E-state index in [0.717, 1.165) is 18.4 Å². The molecular weight excluding hydrogens is 386 g/mol. The summed E-state index contributed by atoms with van der Waals surface area (Å²) < 4.78 is 5.30. The Morgan fingerprint density at radius 2 is 1.86 bits per heavy atom. The maximum absolute atomic E-state index is 12.3. The highest BCUT2D eigenvalue weighted by atomic mass is 35.5. The Labute approximate surface area is 175 Å². The van der Waals surface area contributed by atoms with Gasteiger partial charge in [-0.05, 0) is 49.1 Å². The first-order valence-electron chi connectivity index (χ1n) is 10.1. The lowest BCUT2D eigenvalue weighted by molar-refractivity contribution is -0.121. The van der Waals surface area contributed by atoms with Gasteiger partial charge >= 0.3 is 0 Å². The van der Waals surface area contributed by atoms with Crippen LogP contribution in [0.1, 0.15) is 43.6 Å². The molecule has 1 fully saturated rings. The molecule has 4 rings (SSSR count). The molecule has 6 heteroatoms. The number of aromatic nitrogens is 2. The molecule has 1 N–H and O–H groups in total. The van der Waals surface area contributed by atoms with Gasteiger partial charge in [0.25, 0.3) is 0 Å². The standard InChI is InChI=1S/C23H24ClN3O2/c24-19-12-10-17(11-13-19)22-26-21(29-27-22)9-4-8-20(28)25-16-23(14-5-15-23)18-6-2-1-3-7-18/h1-3,6-7,10-13H,4-5,8-9,14-16H2,(H,25,28). The molecule has 2 aromatic carbocycles. The summed E-state index contributed by atoms with van der Waals surface area (Å²) in [5, 5.41) is 7.80. The quantitative estimate of drug-likeness (QED) is 0.571. The van der Waals surface area contributed by atoms with Crippen LogP contribution >= 0.6 is 11.6 Å². The molecule has 0 bridgehead atoms. The van der Waals surface area contributed by atoms with Crippen molar-refractivity contribution in [2.75, 3.05) is 6.54 Å². The first-order valence-corrected chi connectivity index (χ1v) is 10.4. The summed E-state index contributed by atoms with van der Waals surface area (Å²) >= 11 is 5.90. The summed E-state index contributed by atoms with van der Waals surface area (Å²) in [6.45, 7) is 0.705. The van der Waals surface area contributed by atoms with E-state index >= 15 is 0 Å². The molecule has 1 aromatic heterocycles. The van der Waals surface area contributed by atoms with Crippen molar-refractivity contribution < 1.29 is 9.32 Å². The molecule has 0 radical (unpaired) electrons. The second-order valence-electron chi connectivity index (χ2n) is 7.65. The number of hydrogen-bond acceptors (Lipinski definition) is 4. The lowest BCUT2D eigenvalue weighted by atomic mass is 9.64. The van der Waals surface area contributed by atoms with Gasteiger partial charge in [0.05, 0.1) is 0 Å². The molecule has 1 aliphatic carbocycles. The molecule has 0 atom stereocenters. The van der Waals surface area contributed by atoms with Gasteiger partial charge in [-0.3, -0.25) is 4.79 Å². The maximum atomic E-state index is 12.3. The molecule has 150 valence electrons. The van der Waals surface area contributed by atoms with E-state index in [1.807, 2.05) is 18.2 Å². The zero-order chi connectivity index (χ0) is 20.1. The number of hydrogen-bond donors (Lipinski definition) is 1. The van der Waals surface area contributed by atoms with Gasteiger partial charge in [0, 0.05) is 35.4 Å². The van der Waals surface area contributed by atoms with Gasteiger partial charge in [0.2, 0.25) is 17.6 Å². The van der Waals surface area contributed by atoms with E-state index in [9.17, 15) is 4.79 Å². The molecule has 0 saturated heterocycles.